The van der Waals surface area contributed by atoms with Crippen LogP contribution in [0, 0.1) is 0 Å². The van der Waals surface area contributed by atoms with Crippen molar-refractivity contribution in [2.24, 2.45) is 0 Å². The van der Waals surface area contributed by atoms with Crippen molar-refractivity contribution >= 4 is 0 Å². The minimum Gasteiger partial charge on any atom is -1.00 e. The van der Waals surface area contributed by atoms with E-state index in [2.05, 4.69) is 42.2 Å². The summed E-state index contributed by atoms with van der Waals surface area (Å²) in [5.74, 6) is 0. The standard InChI is InChI=1S/C15H21N.ClH/c1-2-13-16-15(11-7-4-8-12-15)14-9-5-3-6-10-14;/h2-3,5-6,9-10,16H,1,4,7-8,11-13H2;1H/p-1. The molecule has 0 saturated heterocycles. The van der Waals surface area contributed by atoms with E-state index in [-0.39, 0.29) is 17.9 Å². The molecule has 1 aromatic rings. The third-order valence-corrected chi connectivity index (χ3v) is 3.62. The van der Waals surface area contributed by atoms with Gasteiger partial charge < -0.3 is 17.7 Å². The Morgan fingerprint density at radius 2 is 1.76 bits per heavy atom. The number of rotatable bonds is 4. The molecule has 1 aliphatic rings. The largest absolute Gasteiger partial charge is 1.00 e. The quantitative estimate of drug-likeness (QED) is 0.773. The molecule has 2 heteroatoms. The molecule has 0 heterocycles. The Labute approximate surface area is 111 Å². The van der Waals surface area contributed by atoms with Crippen LogP contribution in [0.4, 0.5) is 0 Å². The summed E-state index contributed by atoms with van der Waals surface area (Å²) < 4.78 is 0. The van der Waals surface area contributed by atoms with Crippen LogP contribution >= 0.6 is 0 Å². The summed E-state index contributed by atoms with van der Waals surface area (Å²) in [7, 11) is 0. The lowest BCUT2D eigenvalue weighted by Gasteiger charge is -2.38. The Balaban J connectivity index is 0.00000144. The first-order valence-corrected chi connectivity index (χ1v) is 6.29. The minimum atomic E-state index is 0. The normalized spacial score (nSPS) is 18.1. The maximum atomic E-state index is 3.81. The zero-order valence-electron chi connectivity index (χ0n) is 10.3. The van der Waals surface area contributed by atoms with Gasteiger partial charge in [0.2, 0.25) is 0 Å². The van der Waals surface area contributed by atoms with Gasteiger partial charge in [0.1, 0.15) is 0 Å². The molecule has 1 aromatic carbocycles. The van der Waals surface area contributed by atoms with Gasteiger partial charge in [-0.05, 0) is 18.4 Å². The predicted octanol–water partition coefficient (Wildman–Crippen LogP) is 0.626. The Hall–Kier alpha value is -0.790. The van der Waals surface area contributed by atoms with Gasteiger partial charge in [0.15, 0.2) is 0 Å². The van der Waals surface area contributed by atoms with E-state index in [0.29, 0.717) is 0 Å². The van der Waals surface area contributed by atoms with Gasteiger partial charge in [-0.3, -0.25) is 0 Å². The number of hydrogen-bond donors (Lipinski definition) is 1. The first-order valence-electron chi connectivity index (χ1n) is 6.29. The van der Waals surface area contributed by atoms with Gasteiger partial charge in [0, 0.05) is 12.1 Å². The second kappa shape index (κ2) is 6.83. The second-order valence-corrected chi connectivity index (χ2v) is 4.68. The molecule has 0 aromatic heterocycles. The van der Waals surface area contributed by atoms with E-state index < -0.39 is 0 Å². The molecular formula is C15H21ClN-. The second-order valence-electron chi connectivity index (χ2n) is 4.68. The highest BCUT2D eigenvalue weighted by Gasteiger charge is 2.32. The first-order chi connectivity index (χ1) is 7.87. The van der Waals surface area contributed by atoms with Crippen molar-refractivity contribution in [3.05, 3.63) is 48.6 Å². The van der Waals surface area contributed by atoms with Crippen molar-refractivity contribution in [2.75, 3.05) is 6.54 Å². The fourth-order valence-corrected chi connectivity index (χ4v) is 2.75. The van der Waals surface area contributed by atoms with Crippen molar-refractivity contribution in [2.45, 2.75) is 37.6 Å². The van der Waals surface area contributed by atoms with Gasteiger partial charge >= 0.3 is 0 Å². The summed E-state index contributed by atoms with van der Waals surface area (Å²) in [5.41, 5.74) is 1.64. The molecular weight excluding hydrogens is 230 g/mol. The summed E-state index contributed by atoms with van der Waals surface area (Å²) >= 11 is 0. The van der Waals surface area contributed by atoms with Gasteiger partial charge in [-0.25, -0.2) is 0 Å². The summed E-state index contributed by atoms with van der Waals surface area (Å²) in [5, 5.41) is 3.68. The minimum absolute atomic E-state index is 0. The van der Waals surface area contributed by atoms with Gasteiger partial charge in [-0.1, -0.05) is 55.7 Å². The van der Waals surface area contributed by atoms with Crippen LogP contribution in [0.25, 0.3) is 0 Å². The fraction of sp³-hybridized carbons (Fsp3) is 0.467. The van der Waals surface area contributed by atoms with E-state index in [1.807, 2.05) is 6.08 Å². The predicted molar refractivity (Wildman–Crippen MR) is 69.4 cm³/mol. The maximum absolute atomic E-state index is 3.81. The first kappa shape index (κ1) is 14.3. The molecule has 0 spiro atoms. The van der Waals surface area contributed by atoms with Crippen LogP contribution < -0.4 is 17.7 Å². The summed E-state index contributed by atoms with van der Waals surface area (Å²) in [4.78, 5) is 0. The molecule has 94 valence electrons. The van der Waals surface area contributed by atoms with Crippen LogP contribution in [-0.2, 0) is 5.54 Å². The molecule has 1 nitrogen and oxygen atoms in total. The third kappa shape index (κ3) is 3.34. The summed E-state index contributed by atoms with van der Waals surface area (Å²) in [6, 6.07) is 10.9. The van der Waals surface area contributed by atoms with Crippen molar-refractivity contribution in [3.8, 4) is 0 Å². The molecule has 1 saturated carbocycles. The Morgan fingerprint density at radius 3 is 2.35 bits per heavy atom. The molecule has 0 bridgehead atoms. The molecule has 2 rings (SSSR count). The monoisotopic (exact) mass is 250 g/mol. The van der Waals surface area contributed by atoms with Crippen LogP contribution in [0.5, 0.6) is 0 Å². The number of halogens is 1. The molecule has 1 fully saturated rings. The molecule has 1 N–H and O–H groups in total. The number of nitrogens with one attached hydrogen (secondary N) is 1. The maximum Gasteiger partial charge on any atom is 0.0437 e. The summed E-state index contributed by atoms with van der Waals surface area (Å²) in [6.45, 7) is 4.71. The van der Waals surface area contributed by atoms with Crippen LogP contribution in [0.2, 0.25) is 0 Å². The molecule has 0 radical (unpaired) electrons. The average molecular weight is 251 g/mol. The van der Waals surface area contributed by atoms with Crippen molar-refractivity contribution in [1.82, 2.24) is 5.32 Å². The van der Waals surface area contributed by atoms with E-state index >= 15 is 0 Å². The lowest BCUT2D eigenvalue weighted by atomic mass is 9.76. The molecule has 0 aliphatic heterocycles. The fourth-order valence-electron chi connectivity index (χ4n) is 2.75. The third-order valence-electron chi connectivity index (χ3n) is 3.62. The summed E-state index contributed by atoms with van der Waals surface area (Å²) in [6.07, 6.45) is 8.51. The van der Waals surface area contributed by atoms with Crippen LogP contribution in [-0.4, -0.2) is 6.54 Å². The molecule has 0 atom stereocenters. The Bertz CT molecular complexity index is 328. The van der Waals surface area contributed by atoms with Crippen molar-refractivity contribution < 1.29 is 12.4 Å². The van der Waals surface area contributed by atoms with Gasteiger partial charge in [0.25, 0.3) is 0 Å². The van der Waals surface area contributed by atoms with E-state index in [0.717, 1.165) is 6.54 Å². The van der Waals surface area contributed by atoms with Gasteiger partial charge in [-0.15, -0.1) is 6.58 Å². The highest BCUT2D eigenvalue weighted by atomic mass is 35.5. The smallest absolute Gasteiger partial charge is 0.0437 e. The molecule has 0 amide bonds. The molecule has 0 unspecified atom stereocenters. The van der Waals surface area contributed by atoms with Gasteiger partial charge in [-0.2, -0.15) is 0 Å². The topological polar surface area (TPSA) is 12.0 Å². The SMILES string of the molecule is C=CCNC1(c2ccccc2)CCCCC1.[Cl-]. The van der Waals surface area contributed by atoms with Crippen LogP contribution in [0.15, 0.2) is 43.0 Å². The lowest BCUT2D eigenvalue weighted by molar-refractivity contribution is -0.00000353. The molecule has 17 heavy (non-hydrogen) atoms. The van der Waals surface area contributed by atoms with Crippen molar-refractivity contribution in [3.63, 3.8) is 0 Å². The number of hydrogen-bond acceptors (Lipinski definition) is 1. The Morgan fingerprint density at radius 1 is 1.12 bits per heavy atom. The Kier molecular flexibility index (Phi) is 5.73. The number of benzene rings is 1. The average Bonchev–Trinajstić information content (AvgIpc) is 2.38. The van der Waals surface area contributed by atoms with Crippen LogP contribution in [0.1, 0.15) is 37.7 Å². The van der Waals surface area contributed by atoms with E-state index in [1.165, 1.54) is 37.7 Å². The van der Waals surface area contributed by atoms with Gasteiger partial charge in [0.05, 0.1) is 0 Å². The van der Waals surface area contributed by atoms with Crippen LogP contribution in [0.3, 0.4) is 0 Å². The van der Waals surface area contributed by atoms with E-state index in [9.17, 15) is 0 Å². The lowest BCUT2D eigenvalue weighted by Crippen LogP contribution is -3.00. The van der Waals surface area contributed by atoms with E-state index in [4.69, 9.17) is 0 Å². The highest BCUT2D eigenvalue weighted by Crippen LogP contribution is 2.36. The van der Waals surface area contributed by atoms with E-state index in [1.54, 1.807) is 0 Å². The zero-order chi connectivity index (χ0) is 11.3. The highest BCUT2D eigenvalue weighted by molar-refractivity contribution is 5.25. The zero-order valence-corrected chi connectivity index (χ0v) is 11.0. The molecule has 1 aliphatic carbocycles. The van der Waals surface area contributed by atoms with Crippen molar-refractivity contribution in [1.29, 1.82) is 0 Å².